The van der Waals surface area contributed by atoms with Gasteiger partial charge in [-0.3, -0.25) is 0 Å². The molecule has 0 atom stereocenters. The van der Waals surface area contributed by atoms with Crippen LogP contribution in [0.25, 0.3) is 0 Å². The van der Waals surface area contributed by atoms with Crippen LogP contribution in [0.15, 0.2) is 42.6 Å². The van der Waals surface area contributed by atoms with E-state index in [9.17, 15) is 4.79 Å². The second-order valence-corrected chi connectivity index (χ2v) is 3.67. The highest BCUT2D eigenvalue weighted by Gasteiger charge is 2.02. The van der Waals surface area contributed by atoms with Gasteiger partial charge in [0.25, 0.3) is 0 Å². The molecule has 1 aromatic carbocycles. The lowest BCUT2D eigenvalue weighted by atomic mass is 10.2. The molecule has 1 aromatic heterocycles. The first-order valence-electron chi connectivity index (χ1n) is 5.31. The van der Waals surface area contributed by atoms with Crippen LogP contribution < -0.4 is 15.2 Å². The number of carbonyl (C=O) groups is 1. The summed E-state index contributed by atoms with van der Waals surface area (Å²) in [6.45, 7) is 2.00. The lowest BCUT2D eigenvalue weighted by molar-refractivity contribution is 0.209. The molecule has 1 amide bonds. The average molecular weight is 244 g/mol. The van der Waals surface area contributed by atoms with E-state index >= 15 is 0 Å². The minimum absolute atomic E-state index is 0.138. The monoisotopic (exact) mass is 244 g/mol. The number of pyridine rings is 1. The highest BCUT2D eigenvalue weighted by molar-refractivity contribution is 5.67. The Morgan fingerprint density at radius 2 is 1.78 bits per heavy atom. The Morgan fingerprint density at radius 3 is 2.33 bits per heavy atom. The van der Waals surface area contributed by atoms with Crippen LogP contribution in [0, 0.1) is 6.92 Å². The molecule has 0 fully saturated rings. The number of ether oxygens (including phenoxy) is 2. The Balaban J connectivity index is 2.06. The third-order valence-electron chi connectivity index (χ3n) is 2.17. The van der Waals surface area contributed by atoms with Gasteiger partial charge >= 0.3 is 6.09 Å². The van der Waals surface area contributed by atoms with Crippen LogP contribution >= 0.6 is 0 Å². The maximum absolute atomic E-state index is 10.5. The number of carbonyl (C=O) groups excluding carboxylic acids is 1. The molecule has 0 bridgehead atoms. The molecule has 92 valence electrons. The fourth-order valence-electron chi connectivity index (χ4n) is 1.33. The Bertz CT molecular complexity index is 535. The van der Waals surface area contributed by atoms with Crippen molar-refractivity contribution in [1.29, 1.82) is 0 Å². The van der Waals surface area contributed by atoms with Gasteiger partial charge in [0.15, 0.2) is 0 Å². The molecular formula is C13H12N2O3. The van der Waals surface area contributed by atoms with Crippen LogP contribution in [0.1, 0.15) is 5.56 Å². The fraction of sp³-hybridized carbons (Fsp3) is 0.0769. The van der Waals surface area contributed by atoms with Crippen molar-refractivity contribution in [3.8, 4) is 17.4 Å². The first-order valence-corrected chi connectivity index (χ1v) is 5.31. The summed E-state index contributed by atoms with van der Waals surface area (Å²) in [4.78, 5) is 14.4. The first kappa shape index (κ1) is 11.9. The number of hydrogen-bond donors (Lipinski definition) is 1. The maximum Gasteiger partial charge on any atom is 0.411 e. The number of amides is 1. The van der Waals surface area contributed by atoms with Crippen molar-refractivity contribution in [1.82, 2.24) is 4.98 Å². The number of hydrogen-bond acceptors (Lipinski definition) is 4. The van der Waals surface area contributed by atoms with Crippen molar-refractivity contribution in [2.24, 2.45) is 5.73 Å². The summed E-state index contributed by atoms with van der Waals surface area (Å²) in [5.41, 5.74) is 6.03. The van der Waals surface area contributed by atoms with Crippen molar-refractivity contribution in [2.45, 2.75) is 6.92 Å². The largest absolute Gasteiger partial charge is 0.456 e. The van der Waals surface area contributed by atoms with Crippen molar-refractivity contribution in [2.75, 3.05) is 0 Å². The summed E-state index contributed by atoms with van der Waals surface area (Å²) >= 11 is 0. The number of nitrogens with zero attached hydrogens (tertiary/aromatic N) is 1. The van der Waals surface area contributed by atoms with E-state index in [0.29, 0.717) is 11.5 Å². The summed E-state index contributed by atoms with van der Waals surface area (Å²) in [6, 6.07) is 10.8. The van der Waals surface area contributed by atoms with Crippen molar-refractivity contribution in [3.63, 3.8) is 0 Å². The normalized spacial score (nSPS) is 9.83. The summed E-state index contributed by atoms with van der Waals surface area (Å²) in [5, 5.41) is 0. The SMILES string of the molecule is Cc1ccc(Oc2ccc(OC(N)=O)nc2)cc1. The van der Waals surface area contributed by atoms with Crippen molar-refractivity contribution >= 4 is 6.09 Å². The Hall–Kier alpha value is -2.56. The zero-order valence-electron chi connectivity index (χ0n) is 9.79. The van der Waals surface area contributed by atoms with Gasteiger partial charge in [0.05, 0.1) is 6.20 Å². The van der Waals surface area contributed by atoms with Gasteiger partial charge in [-0.25, -0.2) is 9.78 Å². The van der Waals surface area contributed by atoms with E-state index in [1.165, 1.54) is 12.3 Å². The van der Waals surface area contributed by atoms with Gasteiger partial charge in [0, 0.05) is 6.07 Å². The highest BCUT2D eigenvalue weighted by Crippen LogP contribution is 2.22. The number of aromatic nitrogens is 1. The van der Waals surface area contributed by atoms with Gasteiger partial charge in [-0.2, -0.15) is 0 Å². The molecule has 1 heterocycles. The van der Waals surface area contributed by atoms with E-state index in [0.717, 1.165) is 5.56 Å². The molecule has 0 aliphatic heterocycles. The number of benzene rings is 1. The Kier molecular flexibility index (Phi) is 3.43. The predicted molar refractivity (Wildman–Crippen MR) is 65.7 cm³/mol. The zero-order valence-corrected chi connectivity index (χ0v) is 9.79. The van der Waals surface area contributed by atoms with E-state index in [1.807, 2.05) is 31.2 Å². The molecule has 0 spiro atoms. The topological polar surface area (TPSA) is 74.4 Å². The summed E-state index contributed by atoms with van der Waals surface area (Å²) in [5.74, 6) is 1.40. The molecule has 0 radical (unpaired) electrons. The van der Waals surface area contributed by atoms with Crippen molar-refractivity contribution in [3.05, 3.63) is 48.2 Å². The standard InChI is InChI=1S/C13H12N2O3/c1-9-2-4-10(5-3-9)17-11-6-7-12(15-8-11)18-13(14)16/h2-8H,1H3,(H2,14,16). The van der Waals surface area contributed by atoms with E-state index in [2.05, 4.69) is 9.72 Å². The van der Waals surface area contributed by atoms with E-state index < -0.39 is 6.09 Å². The number of rotatable bonds is 3. The van der Waals surface area contributed by atoms with Crippen molar-refractivity contribution < 1.29 is 14.3 Å². The lowest BCUT2D eigenvalue weighted by Gasteiger charge is -2.06. The molecule has 5 nitrogen and oxygen atoms in total. The van der Waals surface area contributed by atoms with Crippen LogP contribution in [0.2, 0.25) is 0 Å². The van der Waals surface area contributed by atoms with Gasteiger partial charge in [-0.1, -0.05) is 17.7 Å². The number of aryl methyl sites for hydroxylation is 1. The molecule has 2 N–H and O–H groups in total. The molecule has 18 heavy (non-hydrogen) atoms. The number of nitrogens with two attached hydrogens (primary N) is 1. The summed E-state index contributed by atoms with van der Waals surface area (Å²) in [6.07, 6.45) is 0.563. The third kappa shape index (κ3) is 3.21. The Labute approximate surface area is 104 Å². The smallest absolute Gasteiger partial charge is 0.411 e. The molecule has 0 aliphatic carbocycles. The minimum Gasteiger partial charge on any atom is -0.456 e. The fourth-order valence-corrected chi connectivity index (χ4v) is 1.33. The zero-order chi connectivity index (χ0) is 13.0. The Morgan fingerprint density at radius 1 is 1.11 bits per heavy atom. The molecule has 2 aromatic rings. The van der Waals surface area contributed by atoms with Gasteiger partial charge in [0.1, 0.15) is 11.5 Å². The van der Waals surface area contributed by atoms with Gasteiger partial charge < -0.3 is 15.2 Å². The van der Waals surface area contributed by atoms with Crippen LogP contribution in [0.3, 0.4) is 0 Å². The average Bonchev–Trinajstić information content (AvgIpc) is 2.34. The second-order valence-electron chi connectivity index (χ2n) is 3.67. The van der Waals surface area contributed by atoms with Crippen LogP contribution in [0.5, 0.6) is 17.4 Å². The maximum atomic E-state index is 10.5. The summed E-state index contributed by atoms with van der Waals surface area (Å²) in [7, 11) is 0. The van der Waals surface area contributed by atoms with Gasteiger partial charge in [-0.15, -0.1) is 0 Å². The quantitative estimate of drug-likeness (QED) is 0.900. The van der Waals surface area contributed by atoms with Gasteiger partial charge in [0.2, 0.25) is 5.88 Å². The van der Waals surface area contributed by atoms with Crippen LogP contribution in [-0.4, -0.2) is 11.1 Å². The van der Waals surface area contributed by atoms with E-state index in [4.69, 9.17) is 10.5 Å². The molecule has 0 saturated heterocycles. The van der Waals surface area contributed by atoms with E-state index in [-0.39, 0.29) is 5.88 Å². The lowest BCUT2D eigenvalue weighted by Crippen LogP contribution is -2.16. The summed E-state index contributed by atoms with van der Waals surface area (Å²) < 4.78 is 10.2. The van der Waals surface area contributed by atoms with Crippen LogP contribution in [0.4, 0.5) is 4.79 Å². The van der Waals surface area contributed by atoms with Crippen LogP contribution in [-0.2, 0) is 0 Å². The first-order chi connectivity index (χ1) is 8.63. The second kappa shape index (κ2) is 5.18. The predicted octanol–water partition coefficient (Wildman–Crippen LogP) is 2.64. The highest BCUT2D eigenvalue weighted by atomic mass is 16.6. The number of primary amides is 1. The molecule has 2 rings (SSSR count). The molecular weight excluding hydrogens is 232 g/mol. The molecule has 0 saturated carbocycles. The molecule has 0 aliphatic rings. The third-order valence-corrected chi connectivity index (χ3v) is 2.17. The minimum atomic E-state index is -0.894. The molecule has 0 unspecified atom stereocenters. The van der Waals surface area contributed by atoms with Gasteiger partial charge in [-0.05, 0) is 25.1 Å². The van der Waals surface area contributed by atoms with E-state index in [1.54, 1.807) is 6.07 Å². The molecule has 5 heteroatoms.